The van der Waals surface area contributed by atoms with Crippen molar-refractivity contribution in [3.05, 3.63) is 47.8 Å². The smallest absolute Gasteiger partial charge is 0.259 e. The molecule has 9 heteroatoms. The quantitative estimate of drug-likeness (QED) is 0.641. The van der Waals surface area contributed by atoms with E-state index in [4.69, 9.17) is 0 Å². The van der Waals surface area contributed by atoms with Gasteiger partial charge in [-0.25, -0.2) is 4.98 Å². The van der Waals surface area contributed by atoms with Gasteiger partial charge in [0, 0.05) is 19.3 Å². The number of piperazine rings is 1. The van der Waals surface area contributed by atoms with Crippen molar-refractivity contribution in [1.82, 2.24) is 29.7 Å². The highest BCUT2D eigenvalue weighted by molar-refractivity contribution is 5.95. The van der Waals surface area contributed by atoms with Gasteiger partial charge in [0.25, 0.3) is 5.91 Å². The minimum absolute atomic E-state index is 0.0373. The minimum atomic E-state index is -0.713. The monoisotopic (exact) mass is 353 g/mol. The Balaban J connectivity index is 1.37. The lowest BCUT2D eigenvalue weighted by Gasteiger charge is -2.56. The number of halogens is 1. The van der Waals surface area contributed by atoms with Crippen LogP contribution >= 0.6 is 0 Å². The van der Waals surface area contributed by atoms with Gasteiger partial charge in [-0.15, -0.1) is 15.3 Å². The van der Waals surface area contributed by atoms with Crippen LogP contribution in [-0.2, 0) is 0 Å². The van der Waals surface area contributed by atoms with Crippen LogP contribution in [0.3, 0.4) is 0 Å². The van der Waals surface area contributed by atoms with Gasteiger partial charge in [-0.05, 0) is 37.6 Å². The number of pyridine rings is 1. The second-order valence-corrected chi connectivity index (χ2v) is 6.71. The Morgan fingerprint density at radius 1 is 1.19 bits per heavy atom. The zero-order valence-corrected chi connectivity index (χ0v) is 14.1. The highest BCUT2D eigenvalue weighted by Crippen LogP contribution is 2.35. The lowest BCUT2D eigenvalue weighted by Crippen LogP contribution is -2.70. The van der Waals surface area contributed by atoms with Gasteiger partial charge in [-0.3, -0.25) is 4.79 Å². The molecule has 3 saturated heterocycles. The number of amides is 1. The molecule has 2 bridgehead atoms. The van der Waals surface area contributed by atoms with Crippen LogP contribution in [0, 0.1) is 12.9 Å². The first kappa shape index (κ1) is 15.2. The summed E-state index contributed by atoms with van der Waals surface area (Å²) >= 11 is 0. The lowest BCUT2D eigenvalue weighted by molar-refractivity contribution is 0.00526. The molecule has 6 heterocycles. The lowest BCUT2D eigenvalue weighted by atomic mass is 9.86. The van der Waals surface area contributed by atoms with Crippen LogP contribution < -0.4 is 4.90 Å². The number of hydrogen-bond acceptors (Lipinski definition) is 6. The summed E-state index contributed by atoms with van der Waals surface area (Å²) in [6, 6.07) is 6.98. The second kappa shape index (κ2) is 5.45. The highest BCUT2D eigenvalue weighted by atomic mass is 19.1. The second-order valence-electron chi connectivity index (χ2n) is 6.71. The zero-order valence-electron chi connectivity index (χ0n) is 14.1. The van der Waals surface area contributed by atoms with Crippen LogP contribution in [-0.4, -0.2) is 60.8 Å². The molecule has 0 aliphatic carbocycles. The van der Waals surface area contributed by atoms with E-state index in [0.717, 1.165) is 18.1 Å². The van der Waals surface area contributed by atoms with Crippen molar-refractivity contribution in [2.75, 3.05) is 18.0 Å². The normalized spacial score (nSPS) is 21.8. The Hall–Kier alpha value is -3.10. The molecule has 3 fully saturated rings. The van der Waals surface area contributed by atoms with E-state index in [9.17, 15) is 9.18 Å². The van der Waals surface area contributed by atoms with E-state index in [2.05, 4.69) is 25.2 Å². The van der Waals surface area contributed by atoms with Gasteiger partial charge >= 0.3 is 0 Å². The number of piperidine rings is 1. The first-order chi connectivity index (χ1) is 12.6. The van der Waals surface area contributed by atoms with Crippen LogP contribution in [0.5, 0.6) is 0 Å². The maximum absolute atomic E-state index is 13.8. The van der Waals surface area contributed by atoms with Crippen LogP contribution in [0.15, 0.2) is 30.5 Å². The summed E-state index contributed by atoms with van der Waals surface area (Å²) in [5.41, 5.74) is 0.743. The Labute approximate surface area is 148 Å². The van der Waals surface area contributed by atoms with E-state index >= 15 is 0 Å². The molecular formula is C17H16FN7O. The van der Waals surface area contributed by atoms with Crippen LogP contribution in [0.1, 0.15) is 22.6 Å². The summed E-state index contributed by atoms with van der Waals surface area (Å²) < 4.78 is 15.6. The molecule has 2 atom stereocenters. The first-order valence-corrected chi connectivity index (χ1v) is 8.49. The van der Waals surface area contributed by atoms with Crippen molar-refractivity contribution < 1.29 is 9.18 Å². The standard InChI is InChI=1S/C17H16FN7O/c1-10-20-21-14-4-5-15(22-25(10)14)23-8-11-7-12(9-23)24(11)17(26)13-3-2-6-19-16(13)18/h2-6,11-12H,7-9H2,1H3. The predicted molar refractivity (Wildman–Crippen MR) is 90.3 cm³/mol. The summed E-state index contributed by atoms with van der Waals surface area (Å²) in [5.74, 6) is 0.562. The molecule has 1 amide bonds. The fourth-order valence-corrected chi connectivity index (χ4v) is 3.87. The average Bonchev–Trinajstić information content (AvgIpc) is 3.02. The number of carbonyl (C=O) groups is 1. The number of anilines is 1. The van der Waals surface area contributed by atoms with E-state index in [-0.39, 0.29) is 23.6 Å². The van der Waals surface area contributed by atoms with Gasteiger partial charge in [0.15, 0.2) is 11.5 Å². The van der Waals surface area contributed by atoms with Crippen molar-refractivity contribution in [2.45, 2.75) is 25.4 Å². The molecule has 132 valence electrons. The fraction of sp³-hybridized carbons (Fsp3) is 0.353. The van der Waals surface area contributed by atoms with Crippen molar-refractivity contribution in [3.63, 3.8) is 0 Å². The van der Waals surface area contributed by atoms with Gasteiger partial charge in [-0.1, -0.05) is 0 Å². The van der Waals surface area contributed by atoms with Crippen molar-refractivity contribution in [2.24, 2.45) is 0 Å². The number of carbonyl (C=O) groups excluding carboxylic acids is 1. The predicted octanol–water partition coefficient (Wildman–Crippen LogP) is 1.07. The van der Waals surface area contributed by atoms with E-state index in [0.29, 0.717) is 18.7 Å². The topological polar surface area (TPSA) is 79.5 Å². The van der Waals surface area contributed by atoms with E-state index in [1.165, 1.54) is 12.3 Å². The maximum atomic E-state index is 13.8. The number of fused-ring (bicyclic) bond motifs is 3. The third kappa shape index (κ3) is 2.16. The molecule has 6 rings (SSSR count). The number of hydrogen-bond donors (Lipinski definition) is 0. The summed E-state index contributed by atoms with van der Waals surface area (Å²) in [4.78, 5) is 20.2. The Morgan fingerprint density at radius 2 is 2.00 bits per heavy atom. The molecule has 3 aliphatic rings. The van der Waals surface area contributed by atoms with Gasteiger partial charge < -0.3 is 9.80 Å². The molecule has 8 nitrogen and oxygen atoms in total. The van der Waals surface area contributed by atoms with Gasteiger partial charge in [0.1, 0.15) is 5.82 Å². The fourth-order valence-electron chi connectivity index (χ4n) is 3.87. The van der Waals surface area contributed by atoms with E-state index < -0.39 is 5.95 Å². The van der Waals surface area contributed by atoms with Crippen LogP contribution in [0.2, 0.25) is 0 Å². The number of nitrogens with zero attached hydrogens (tertiary/aromatic N) is 7. The third-order valence-corrected chi connectivity index (χ3v) is 5.15. The molecule has 0 N–H and O–H groups in total. The molecule has 26 heavy (non-hydrogen) atoms. The maximum Gasteiger partial charge on any atom is 0.259 e. The number of rotatable bonds is 2. The van der Waals surface area contributed by atoms with Crippen molar-refractivity contribution in [3.8, 4) is 0 Å². The van der Waals surface area contributed by atoms with Crippen LogP contribution in [0.25, 0.3) is 5.65 Å². The minimum Gasteiger partial charge on any atom is -0.351 e. The molecule has 0 spiro atoms. The van der Waals surface area contributed by atoms with Gasteiger partial charge in [0.2, 0.25) is 5.95 Å². The molecule has 2 unspecified atom stereocenters. The van der Waals surface area contributed by atoms with Crippen LogP contribution in [0.4, 0.5) is 10.2 Å². The summed E-state index contributed by atoms with van der Waals surface area (Å²) in [7, 11) is 0. The SMILES string of the molecule is Cc1nnc2ccc(N3CC4CC(C3)N4C(=O)c3cccnc3F)nn12. The summed E-state index contributed by atoms with van der Waals surface area (Å²) in [6.45, 7) is 3.20. The summed E-state index contributed by atoms with van der Waals surface area (Å²) in [5, 5.41) is 12.7. The largest absolute Gasteiger partial charge is 0.351 e. The average molecular weight is 353 g/mol. The molecular weight excluding hydrogens is 337 g/mol. The molecule has 3 aromatic rings. The third-order valence-electron chi connectivity index (χ3n) is 5.15. The Bertz CT molecular complexity index is 1010. The molecule has 3 aromatic heterocycles. The van der Waals surface area contributed by atoms with E-state index in [1.807, 2.05) is 19.1 Å². The Morgan fingerprint density at radius 3 is 2.77 bits per heavy atom. The Kier molecular flexibility index (Phi) is 3.18. The molecule has 0 saturated carbocycles. The number of aryl methyl sites for hydroxylation is 1. The van der Waals surface area contributed by atoms with Crippen molar-refractivity contribution in [1.29, 1.82) is 0 Å². The van der Waals surface area contributed by atoms with Gasteiger partial charge in [0.05, 0.1) is 17.6 Å². The van der Waals surface area contributed by atoms with Crippen molar-refractivity contribution >= 4 is 17.4 Å². The zero-order chi connectivity index (χ0) is 17.8. The molecule has 0 aromatic carbocycles. The first-order valence-electron chi connectivity index (χ1n) is 8.49. The molecule has 0 radical (unpaired) electrons. The van der Waals surface area contributed by atoms with E-state index in [1.54, 1.807) is 15.5 Å². The molecule has 3 aliphatic heterocycles. The number of aromatic nitrogens is 5. The highest BCUT2D eigenvalue weighted by Gasteiger charge is 2.48. The summed E-state index contributed by atoms with van der Waals surface area (Å²) in [6.07, 6.45) is 2.28. The van der Waals surface area contributed by atoms with Gasteiger partial charge in [-0.2, -0.15) is 8.91 Å².